The fourth-order valence-electron chi connectivity index (χ4n) is 3.44. The number of rotatable bonds is 6. The summed E-state index contributed by atoms with van der Waals surface area (Å²) in [5, 5.41) is 5.55. The number of hydrogen-bond donors (Lipinski definition) is 3. The van der Waals surface area contributed by atoms with Crippen molar-refractivity contribution in [3.8, 4) is 0 Å². The van der Waals surface area contributed by atoms with Gasteiger partial charge in [-0.1, -0.05) is 31.4 Å². The highest BCUT2D eigenvalue weighted by molar-refractivity contribution is 14.1. The molecule has 1 aliphatic rings. The van der Waals surface area contributed by atoms with Gasteiger partial charge < -0.3 is 21.1 Å². The lowest BCUT2D eigenvalue weighted by Crippen LogP contribution is -2.63. The van der Waals surface area contributed by atoms with Crippen LogP contribution in [0.15, 0.2) is 24.3 Å². The van der Waals surface area contributed by atoms with Gasteiger partial charge in [0, 0.05) is 9.99 Å². The average molecular weight is 515 g/mol. The van der Waals surface area contributed by atoms with Crippen molar-refractivity contribution in [2.75, 3.05) is 0 Å². The van der Waals surface area contributed by atoms with Crippen LogP contribution in [0, 0.1) is 3.57 Å². The molecular formula is C21H30IN3O4. The van der Waals surface area contributed by atoms with Gasteiger partial charge in [0.25, 0.3) is 0 Å². The van der Waals surface area contributed by atoms with Crippen LogP contribution in [-0.4, -0.2) is 35.1 Å². The summed E-state index contributed by atoms with van der Waals surface area (Å²) >= 11 is 2.20. The molecule has 0 aliphatic heterocycles. The Morgan fingerprint density at radius 3 is 2.24 bits per heavy atom. The van der Waals surface area contributed by atoms with Gasteiger partial charge in [0.2, 0.25) is 11.8 Å². The molecule has 0 spiro atoms. The molecule has 1 aromatic rings. The summed E-state index contributed by atoms with van der Waals surface area (Å²) in [5.41, 5.74) is 4.68. The zero-order valence-corrected chi connectivity index (χ0v) is 19.4. The minimum Gasteiger partial charge on any atom is -0.444 e. The maximum absolute atomic E-state index is 13.2. The molecule has 4 N–H and O–H groups in total. The number of carbonyl (C=O) groups is 3. The Bertz CT molecular complexity index is 737. The third kappa shape index (κ3) is 7.17. The van der Waals surface area contributed by atoms with Crippen molar-refractivity contribution in [2.45, 2.75) is 76.5 Å². The standard InChI is InChI=1S/C21H30IN3O4/c1-20(2,3)29-19(28)25-21(11-5-4-6-12-21)18(27)24-16(17(23)26)13-14-7-9-15(22)10-8-14/h7-10,16H,4-6,11-13H2,1-3H3,(H2,23,26)(H,24,27)(H,25,28)/t16-/m0/s1. The lowest BCUT2D eigenvalue weighted by Gasteiger charge is -2.37. The van der Waals surface area contributed by atoms with Crippen LogP contribution < -0.4 is 16.4 Å². The molecule has 0 unspecified atom stereocenters. The monoisotopic (exact) mass is 515 g/mol. The summed E-state index contributed by atoms with van der Waals surface area (Å²) in [7, 11) is 0. The molecule has 7 nitrogen and oxygen atoms in total. The van der Waals surface area contributed by atoms with Crippen LogP contribution >= 0.6 is 22.6 Å². The van der Waals surface area contributed by atoms with Crippen LogP contribution in [-0.2, 0) is 20.7 Å². The third-order valence-corrected chi connectivity index (χ3v) is 5.60. The summed E-state index contributed by atoms with van der Waals surface area (Å²) in [6, 6.07) is 6.81. The summed E-state index contributed by atoms with van der Waals surface area (Å²) in [6.07, 6.45) is 3.25. The van der Waals surface area contributed by atoms with Gasteiger partial charge in [0.15, 0.2) is 0 Å². The number of nitrogens with one attached hydrogen (secondary N) is 2. The first-order chi connectivity index (χ1) is 13.5. The molecule has 1 atom stereocenters. The van der Waals surface area contributed by atoms with Crippen LogP contribution in [0.4, 0.5) is 4.79 Å². The number of nitrogens with two attached hydrogens (primary N) is 1. The Morgan fingerprint density at radius 2 is 1.72 bits per heavy atom. The molecule has 1 fully saturated rings. The second-order valence-corrected chi connectivity index (χ2v) is 9.77. The lowest BCUT2D eigenvalue weighted by atomic mass is 9.80. The predicted octanol–water partition coefficient (Wildman–Crippen LogP) is 3.03. The predicted molar refractivity (Wildman–Crippen MR) is 119 cm³/mol. The highest BCUT2D eigenvalue weighted by atomic mass is 127. The van der Waals surface area contributed by atoms with Crippen LogP contribution in [0.3, 0.4) is 0 Å². The van der Waals surface area contributed by atoms with Crippen LogP contribution in [0.5, 0.6) is 0 Å². The van der Waals surface area contributed by atoms with Gasteiger partial charge in [-0.15, -0.1) is 0 Å². The van der Waals surface area contributed by atoms with Crippen molar-refractivity contribution in [3.05, 3.63) is 33.4 Å². The van der Waals surface area contributed by atoms with E-state index in [1.807, 2.05) is 24.3 Å². The first-order valence-electron chi connectivity index (χ1n) is 9.87. The Kier molecular flexibility index (Phi) is 7.90. The van der Waals surface area contributed by atoms with Crippen molar-refractivity contribution < 1.29 is 19.1 Å². The van der Waals surface area contributed by atoms with Gasteiger partial charge >= 0.3 is 6.09 Å². The quantitative estimate of drug-likeness (QED) is 0.506. The van der Waals surface area contributed by atoms with E-state index in [9.17, 15) is 14.4 Å². The average Bonchev–Trinajstić information content (AvgIpc) is 2.61. The van der Waals surface area contributed by atoms with E-state index in [2.05, 4.69) is 33.2 Å². The maximum atomic E-state index is 13.2. The highest BCUT2D eigenvalue weighted by Crippen LogP contribution is 2.29. The van der Waals surface area contributed by atoms with Crippen molar-refractivity contribution >= 4 is 40.5 Å². The van der Waals surface area contributed by atoms with Gasteiger partial charge in [-0.05, 0) is 73.9 Å². The summed E-state index contributed by atoms with van der Waals surface area (Å²) in [5.74, 6) is -1.00. The van der Waals surface area contributed by atoms with Crippen molar-refractivity contribution in [2.24, 2.45) is 5.73 Å². The smallest absolute Gasteiger partial charge is 0.408 e. The Labute approximate surface area is 185 Å². The number of alkyl carbamates (subject to hydrolysis) is 1. The molecule has 29 heavy (non-hydrogen) atoms. The summed E-state index contributed by atoms with van der Waals surface area (Å²) in [4.78, 5) is 37.6. The molecule has 1 aliphatic carbocycles. The molecule has 0 radical (unpaired) electrons. The van der Waals surface area contributed by atoms with Gasteiger partial charge in [0.1, 0.15) is 17.2 Å². The summed E-state index contributed by atoms with van der Waals surface area (Å²) in [6.45, 7) is 5.30. The minimum absolute atomic E-state index is 0.292. The molecular weight excluding hydrogens is 485 g/mol. The minimum atomic E-state index is -1.10. The number of carbonyl (C=O) groups excluding carboxylic acids is 3. The van der Waals surface area contributed by atoms with Crippen LogP contribution in [0.25, 0.3) is 0 Å². The second-order valence-electron chi connectivity index (χ2n) is 8.53. The molecule has 2 rings (SSSR count). The number of hydrogen-bond acceptors (Lipinski definition) is 4. The van der Waals surface area contributed by atoms with E-state index in [1.54, 1.807) is 20.8 Å². The van der Waals surface area contributed by atoms with E-state index in [4.69, 9.17) is 10.5 Å². The van der Waals surface area contributed by atoms with E-state index in [0.29, 0.717) is 19.3 Å². The molecule has 1 aromatic carbocycles. The van der Waals surface area contributed by atoms with E-state index < -0.39 is 35.1 Å². The molecule has 0 bridgehead atoms. The molecule has 8 heteroatoms. The zero-order chi connectivity index (χ0) is 21.7. The third-order valence-electron chi connectivity index (χ3n) is 4.88. The zero-order valence-electron chi connectivity index (χ0n) is 17.2. The van der Waals surface area contributed by atoms with Crippen LogP contribution in [0.1, 0.15) is 58.4 Å². The molecule has 0 saturated heterocycles. The molecule has 1 saturated carbocycles. The van der Waals surface area contributed by atoms with E-state index >= 15 is 0 Å². The van der Waals surface area contributed by atoms with Crippen molar-refractivity contribution in [1.82, 2.24) is 10.6 Å². The maximum Gasteiger partial charge on any atom is 0.408 e. The highest BCUT2D eigenvalue weighted by Gasteiger charge is 2.43. The van der Waals surface area contributed by atoms with Crippen molar-refractivity contribution in [1.29, 1.82) is 0 Å². The normalized spacial score (nSPS) is 17.1. The van der Waals surface area contributed by atoms with E-state index in [0.717, 1.165) is 28.4 Å². The first kappa shape index (κ1) is 23.4. The van der Waals surface area contributed by atoms with Crippen molar-refractivity contribution in [3.63, 3.8) is 0 Å². The molecule has 0 heterocycles. The first-order valence-corrected chi connectivity index (χ1v) is 10.9. The number of ether oxygens (including phenoxy) is 1. The number of benzene rings is 1. The van der Waals surface area contributed by atoms with E-state index in [1.165, 1.54) is 0 Å². The number of amides is 3. The fraction of sp³-hybridized carbons (Fsp3) is 0.571. The van der Waals surface area contributed by atoms with Gasteiger partial charge in [-0.3, -0.25) is 9.59 Å². The van der Waals surface area contributed by atoms with Gasteiger partial charge in [-0.2, -0.15) is 0 Å². The Morgan fingerprint density at radius 1 is 1.14 bits per heavy atom. The van der Waals surface area contributed by atoms with Crippen LogP contribution in [0.2, 0.25) is 0 Å². The van der Waals surface area contributed by atoms with E-state index in [-0.39, 0.29) is 0 Å². The molecule has 3 amide bonds. The fourth-order valence-corrected chi connectivity index (χ4v) is 3.80. The van der Waals surface area contributed by atoms with Gasteiger partial charge in [-0.25, -0.2) is 4.79 Å². The molecule has 0 aromatic heterocycles. The number of halogens is 1. The number of primary amides is 1. The van der Waals surface area contributed by atoms with Gasteiger partial charge in [0.05, 0.1) is 0 Å². The Hall–Kier alpha value is -1.84. The lowest BCUT2D eigenvalue weighted by molar-refractivity contribution is -0.133. The molecule has 160 valence electrons. The Balaban J connectivity index is 2.14. The SMILES string of the molecule is CC(C)(C)OC(=O)NC1(C(=O)N[C@@H](Cc2ccc(I)cc2)C(N)=O)CCCCC1. The summed E-state index contributed by atoms with van der Waals surface area (Å²) < 4.78 is 6.43. The second kappa shape index (κ2) is 9.77. The largest absolute Gasteiger partial charge is 0.444 e. The topological polar surface area (TPSA) is 111 Å².